The first-order chi connectivity index (χ1) is 18.2. The number of hydrogen-bond donors (Lipinski definition) is 2. The molecule has 214 valence electrons. The van der Waals surface area contributed by atoms with Crippen LogP contribution in [-0.4, -0.2) is 39.8 Å². The van der Waals surface area contributed by atoms with Gasteiger partial charge >= 0.3 is 11.9 Å². The van der Waals surface area contributed by atoms with Crippen LogP contribution in [0.15, 0.2) is 32.7 Å². The van der Waals surface area contributed by atoms with E-state index in [0.29, 0.717) is 6.54 Å². The van der Waals surface area contributed by atoms with Crippen molar-refractivity contribution in [2.24, 2.45) is 12.5 Å². The van der Waals surface area contributed by atoms with Gasteiger partial charge in [-0.05, 0) is 37.3 Å². The predicted molar refractivity (Wildman–Crippen MR) is 140 cm³/mol. The highest BCUT2D eigenvalue weighted by Crippen LogP contribution is 2.39. The highest BCUT2D eigenvalue weighted by molar-refractivity contribution is 8.00. The Kier molecular flexibility index (Phi) is 9.58. The first kappa shape index (κ1) is 30.7. The molecule has 0 spiro atoms. The number of carbonyl (C=O) groups is 2. The fraction of sp³-hybridized carbons (Fsp3) is 0.520. The molecular weight excluding hydrogens is 564 g/mol. The molecule has 2 amide bonds. The van der Waals surface area contributed by atoms with E-state index in [2.05, 4.69) is 10.6 Å². The zero-order chi connectivity index (χ0) is 29.1. The Morgan fingerprint density at radius 2 is 1.79 bits per heavy atom. The number of hydrogen-bond acceptors (Lipinski definition) is 5. The molecule has 1 heterocycles. The molecule has 3 rings (SSSR count). The summed E-state index contributed by atoms with van der Waals surface area (Å²) in [5.41, 5.74) is -5.20. The smallest absolute Gasteiger partial charge is 0.359 e. The van der Waals surface area contributed by atoms with Crippen LogP contribution in [0, 0.1) is 11.2 Å². The Morgan fingerprint density at radius 3 is 2.38 bits per heavy atom. The minimum atomic E-state index is -4.97. The monoisotopic (exact) mass is 592 g/mol. The molecule has 1 fully saturated rings. The van der Waals surface area contributed by atoms with Crippen LogP contribution in [0.5, 0.6) is 0 Å². The normalized spacial score (nSPS) is 16.0. The fourth-order valence-corrected chi connectivity index (χ4v) is 5.92. The van der Waals surface area contributed by atoms with Crippen molar-refractivity contribution in [1.29, 1.82) is 0 Å². The Balaban J connectivity index is 1.85. The molecular formula is C25H29ClF4N4O4S. The quantitative estimate of drug-likeness (QED) is 0.356. The average Bonchev–Trinajstić information content (AvgIpc) is 2.87. The van der Waals surface area contributed by atoms with Crippen molar-refractivity contribution in [3.05, 3.63) is 55.6 Å². The number of alkyl halides is 3. The zero-order valence-corrected chi connectivity index (χ0v) is 23.2. The van der Waals surface area contributed by atoms with Crippen molar-refractivity contribution in [3.63, 3.8) is 0 Å². The number of nitrogens with one attached hydrogen (secondary N) is 2. The third kappa shape index (κ3) is 7.05. The van der Waals surface area contributed by atoms with E-state index in [-0.39, 0.29) is 48.8 Å². The van der Waals surface area contributed by atoms with Crippen LogP contribution in [0.3, 0.4) is 0 Å². The Bertz CT molecular complexity index is 1370. The van der Waals surface area contributed by atoms with Gasteiger partial charge in [0.15, 0.2) is 0 Å². The van der Waals surface area contributed by atoms with Gasteiger partial charge < -0.3 is 10.6 Å². The van der Waals surface area contributed by atoms with Crippen LogP contribution in [0.4, 0.5) is 17.6 Å². The molecule has 0 radical (unpaired) electrons. The Labute approximate surface area is 231 Å². The number of amides is 2. The molecule has 2 N–H and O–H groups in total. The highest BCUT2D eigenvalue weighted by atomic mass is 35.5. The van der Waals surface area contributed by atoms with E-state index in [0.717, 1.165) is 63.0 Å². The second kappa shape index (κ2) is 12.2. The van der Waals surface area contributed by atoms with E-state index >= 15 is 0 Å². The molecule has 39 heavy (non-hydrogen) atoms. The van der Waals surface area contributed by atoms with Gasteiger partial charge in [0.2, 0.25) is 11.8 Å². The second-order valence-corrected chi connectivity index (χ2v) is 11.5. The van der Waals surface area contributed by atoms with Gasteiger partial charge in [-0.2, -0.15) is 13.2 Å². The molecule has 2 aromatic rings. The van der Waals surface area contributed by atoms with E-state index in [1.54, 1.807) is 14.0 Å². The van der Waals surface area contributed by atoms with Gasteiger partial charge in [-0.15, -0.1) is 11.8 Å². The van der Waals surface area contributed by atoms with Crippen LogP contribution < -0.4 is 21.9 Å². The average molecular weight is 593 g/mol. The van der Waals surface area contributed by atoms with Crippen molar-refractivity contribution in [2.75, 3.05) is 13.6 Å². The molecule has 0 saturated heterocycles. The van der Waals surface area contributed by atoms with Crippen molar-refractivity contribution in [1.82, 2.24) is 19.8 Å². The summed E-state index contributed by atoms with van der Waals surface area (Å²) in [4.78, 5) is 50.2. The predicted octanol–water partition coefficient (Wildman–Crippen LogP) is 4.03. The topological polar surface area (TPSA) is 102 Å². The molecule has 1 aromatic heterocycles. The van der Waals surface area contributed by atoms with E-state index < -0.39 is 39.9 Å². The summed E-state index contributed by atoms with van der Waals surface area (Å²) in [6.45, 7) is 1.87. The lowest BCUT2D eigenvalue weighted by molar-refractivity contribution is -0.144. The SMILES string of the molecule is CNC(=O)CC1(CNC(=O)C(C)Sc2cc(-n3c(=O)cc(C(F)(F)F)n(C)c3=O)c(F)cc2Cl)CCCCC1. The van der Waals surface area contributed by atoms with Crippen LogP contribution >= 0.6 is 23.4 Å². The molecule has 0 aliphatic heterocycles. The summed E-state index contributed by atoms with van der Waals surface area (Å²) in [5.74, 6) is -1.58. The molecule has 0 bridgehead atoms. The van der Waals surface area contributed by atoms with E-state index in [9.17, 15) is 36.7 Å². The van der Waals surface area contributed by atoms with Gasteiger partial charge in [-0.25, -0.2) is 13.8 Å². The summed E-state index contributed by atoms with van der Waals surface area (Å²) in [6.07, 6.45) is -0.118. The molecule has 1 unspecified atom stereocenters. The van der Waals surface area contributed by atoms with Crippen molar-refractivity contribution in [2.45, 2.75) is 61.8 Å². The number of thioether (sulfide) groups is 1. The van der Waals surface area contributed by atoms with Crippen molar-refractivity contribution in [3.8, 4) is 5.69 Å². The lowest BCUT2D eigenvalue weighted by Crippen LogP contribution is -2.44. The molecule has 1 aliphatic rings. The maximum absolute atomic E-state index is 14.8. The summed E-state index contributed by atoms with van der Waals surface area (Å²) >= 11 is 7.10. The second-order valence-electron chi connectivity index (χ2n) is 9.67. The van der Waals surface area contributed by atoms with Crippen LogP contribution in [0.1, 0.15) is 51.1 Å². The van der Waals surface area contributed by atoms with E-state index in [1.165, 1.54) is 0 Å². The number of aromatic nitrogens is 2. The lowest BCUT2D eigenvalue weighted by Gasteiger charge is -2.37. The Morgan fingerprint density at radius 1 is 1.15 bits per heavy atom. The fourth-order valence-electron chi connectivity index (χ4n) is 4.71. The summed E-state index contributed by atoms with van der Waals surface area (Å²) in [6, 6.07) is 2.09. The molecule has 1 aromatic carbocycles. The molecule has 14 heteroatoms. The van der Waals surface area contributed by atoms with Crippen LogP contribution in [0.2, 0.25) is 5.02 Å². The number of halogens is 5. The molecule has 1 atom stereocenters. The maximum Gasteiger partial charge on any atom is 0.431 e. The van der Waals surface area contributed by atoms with E-state index in [4.69, 9.17) is 11.6 Å². The van der Waals surface area contributed by atoms with Gasteiger partial charge in [-0.3, -0.25) is 19.0 Å². The number of carbonyl (C=O) groups excluding carboxylic acids is 2. The minimum absolute atomic E-state index is 0.108. The largest absolute Gasteiger partial charge is 0.431 e. The van der Waals surface area contributed by atoms with Crippen molar-refractivity contribution < 1.29 is 27.2 Å². The maximum atomic E-state index is 14.8. The third-order valence-corrected chi connectivity index (χ3v) is 8.48. The lowest BCUT2D eigenvalue weighted by atomic mass is 9.71. The third-order valence-electron chi connectivity index (χ3n) is 6.89. The van der Waals surface area contributed by atoms with Gasteiger partial charge in [0, 0.05) is 38.0 Å². The van der Waals surface area contributed by atoms with Gasteiger partial charge in [0.25, 0.3) is 5.56 Å². The summed E-state index contributed by atoms with van der Waals surface area (Å²) in [7, 11) is 2.38. The molecule has 8 nitrogen and oxygen atoms in total. The summed E-state index contributed by atoms with van der Waals surface area (Å²) < 4.78 is 54.8. The molecule has 1 saturated carbocycles. The Hall–Kier alpha value is -2.80. The number of benzene rings is 1. The number of rotatable bonds is 8. The molecule has 1 aliphatic carbocycles. The van der Waals surface area contributed by atoms with E-state index in [1.807, 2.05) is 0 Å². The van der Waals surface area contributed by atoms with Crippen molar-refractivity contribution >= 4 is 35.2 Å². The summed E-state index contributed by atoms with van der Waals surface area (Å²) in [5, 5.41) is 4.65. The minimum Gasteiger partial charge on any atom is -0.359 e. The standard InChI is InChI=1S/C25H29ClF4N4O4S/c1-14(22(37)32-13-24(12-20(35)31-2)7-5-4-6-8-24)39-18-10-17(16(27)9-15(18)26)34-21(36)11-19(25(28,29)30)33(3)23(34)38/h9-11,14H,4-8,12-13H2,1-3H3,(H,31,35)(H,32,37). The van der Waals surface area contributed by atoms with Crippen LogP contribution in [-0.2, 0) is 22.8 Å². The zero-order valence-electron chi connectivity index (χ0n) is 21.6. The number of nitrogens with zero attached hydrogens (tertiary/aromatic N) is 2. The first-order valence-electron chi connectivity index (χ1n) is 12.2. The van der Waals surface area contributed by atoms with Crippen LogP contribution in [0.25, 0.3) is 5.69 Å². The van der Waals surface area contributed by atoms with Gasteiger partial charge in [-0.1, -0.05) is 30.9 Å². The van der Waals surface area contributed by atoms with Gasteiger partial charge in [0.1, 0.15) is 11.5 Å². The highest BCUT2D eigenvalue weighted by Gasteiger charge is 2.36. The first-order valence-corrected chi connectivity index (χ1v) is 13.5. The van der Waals surface area contributed by atoms with Gasteiger partial charge in [0.05, 0.1) is 16.0 Å².